The zero-order chi connectivity index (χ0) is 10.6. The van der Waals surface area contributed by atoms with Crippen molar-refractivity contribution in [2.45, 2.75) is 19.6 Å². The molecule has 2 N–H and O–H groups in total. The van der Waals surface area contributed by atoms with E-state index < -0.39 is 6.10 Å². The predicted molar refractivity (Wildman–Crippen MR) is 54.1 cm³/mol. The zero-order valence-electron chi connectivity index (χ0n) is 8.34. The van der Waals surface area contributed by atoms with Gasteiger partial charge in [0.2, 0.25) is 0 Å². The number of nitrogens with zero attached hydrogens (tertiary/aromatic N) is 3. The van der Waals surface area contributed by atoms with Crippen LogP contribution in [-0.4, -0.2) is 51.0 Å². The Morgan fingerprint density at radius 3 is 2.79 bits per heavy atom. The first-order valence-corrected chi connectivity index (χ1v) is 5.16. The fraction of sp³-hybridized carbons (Fsp3) is 0.750. The molecule has 1 rings (SSSR count). The number of hydrogen-bond donors (Lipinski definition) is 2. The molecule has 1 atom stereocenters. The second-order valence-corrected chi connectivity index (χ2v) is 4.15. The average molecular weight is 217 g/mol. The van der Waals surface area contributed by atoms with Crippen molar-refractivity contribution in [2.75, 3.05) is 20.2 Å². The van der Waals surface area contributed by atoms with Gasteiger partial charge in [-0.1, -0.05) is 4.49 Å². The Kier molecular flexibility index (Phi) is 4.40. The largest absolute Gasteiger partial charge is 0.394 e. The number of rotatable bonds is 5. The van der Waals surface area contributed by atoms with Crippen LogP contribution in [0.3, 0.4) is 0 Å². The lowest BCUT2D eigenvalue weighted by molar-refractivity contribution is 0.0650. The fourth-order valence-corrected chi connectivity index (χ4v) is 1.84. The van der Waals surface area contributed by atoms with Crippen LogP contribution in [0.5, 0.6) is 0 Å². The number of hydrogen-bond acceptors (Lipinski definition) is 6. The minimum absolute atomic E-state index is 0.204. The zero-order valence-corrected chi connectivity index (χ0v) is 9.16. The molecule has 0 aromatic carbocycles. The summed E-state index contributed by atoms with van der Waals surface area (Å²) in [6.45, 7) is 2.87. The summed E-state index contributed by atoms with van der Waals surface area (Å²) < 4.78 is 3.83. The van der Waals surface area contributed by atoms with Gasteiger partial charge in [-0.15, -0.1) is 5.10 Å². The molecule has 0 saturated carbocycles. The van der Waals surface area contributed by atoms with Gasteiger partial charge < -0.3 is 10.2 Å². The third-order valence-corrected chi connectivity index (χ3v) is 2.70. The van der Waals surface area contributed by atoms with E-state index in [1.807, 2.05) is 18.9 Å². The van der Waals surface area contributed by atoms with E-state index in [9.17, 15) is 5.11 Å². The molecule has 0 unspecified atom stereocenters. The average Bonchev–Trinajstić information content (AvgIpc) is 2.51. The van der Waals surface area contributed by atoms with E-state index in [1.165, 1.54) is 11.5 Å². The van der Waals surface area contributed by atoms with Crippen molar-refractivity contribution in [3.05, 3.63) is 10.6 Å². The summed E-state index contributed by atoms with van der Waals surface area (Å²) in [7, 11) is 1.89. The highest BCUT2D eigenvalue weighted by atomic mass is 32.1. The quantitative estimate of drug-likeness (QED) is 0.704. The molecule has 0 saturated heterocycles. The Bertz CT molecular complexity index is 279. The predicted octanol–water partition coefficient (Wildman–Crippen LogP) is -0.368. The van der Waals surface area contributed by atoms with Gasteiger partial charge in [0.15, 0.2) is 0 Å². The van der Waals surface area contributed by atoms with Gasteiger partial charge in [-0.05, 0) is 25.5 Å². The summed E-state index contributed by atoms with van der Waals surface area (Å²) in [6, 6.07) is 0. The molecule has 1 aromatic heterocycles. The van der Waals surface area contributed by atoms with Crippen LogP contribution in [0.2, 0.25) is 0 Å². The summed E-state index contributed by atoms with van der Waals surface area (Å²) in [5.74, 6) is 0. The van der Waals surface area contributed by atoms with Crippen molar-refractivity contribution < 1.29 is 10.2 Å². The topological polar surface area (TPSA) is 69.5 Å². The van der Waals surface area contributed by atoms with Gasteiger partial charge >= 0.3 is 0 Å². The van der Waals surface area contributed by atoms with Crippen LogP contribution in [0, 0.1) is 6.92 Å². The number of aryl methyl sites for hydroxylation is 1. The highest BCUT2D eigenvalue weighted by Crippen LogP contribution is 2.11. The third-order valence-electron chi connectivity index (χ3n) is 1.89. The number of aliphatic hydroxyl groups excluding tert-OH is 2. The second kappa shape index (κ2) is 5.35. The minimum Gasteiger partial charge on any atom is -0.394 e. The van der Waals surface area contributed by atoms with Crippen molar-refractivity contribution in [2.24, 2.45) is 0 Å². The van der Waals surface area contributed by atoms with E-state index in [0.29, 0.717) is 13.1 Å². The Labute approximate surface area is 87.2 Å². The van der Waals surface area contributed by atoms with E-state index in [1.54, 1.807) is 0 Å². The highest BCUT2D eigenvalue weighted by molar-refractivity contribution is 7.05. The van der Waals surface area contributed by atoms with Crippen LogP contribution in [0.1, 0.15) is 10.6 Å². The number of likely N-dealkylation sites (N-methyl/N-ethyl adjacent to an activating group) is 1. The second-order valence-electron chi connectivity index (χ2n) is 3.31. The van der Waals surface area contributed by atoms with Crippen molar-refractivity contribution in [3.63, 3.8) is 0 Å². The monoisotopic (exact) mass is 217 g/mol. The molecular formula is C8H15N3O2S. The summed E-state index contributed by atoms with van der Waals surface area (Å²) in [5.41, 5.74) is 0.931. The van der Waals surface area contributed by atoms with Crippen LogP contribution in [0.4, 0.5) is 0 Å². The maximum Gasteiger partial charge on any atom is 0.0897 e. The summed E-state index contributed by atoms with van der Waals surface area (Å²) in [5, 5.41) is 21.8. The molecule has 5 nitrogen and oxygen atoms in total. The van der Waals surface area contributed by atoms with E-state index in [0.717, 1.165) is 10.6 Å². The standard InChI is InChI=1S/C8H15N3O2S/c1-6-8(14-10-9-6)4-11(2)3-7(13)5-12/h7,12-13H,3-5H2,1-2H3/t7-/m0/s1. The molecule has 0 fully saturated rings. The summed E-state index contributed by atoms with van der Waals surface area (Å²) in [4.78, 5) is 3.03. The SMILES string of the molecule is Cc1nnsc1CN(C)C[C@H](O)CO. The van der Waals surface area contributed by atoms with Crippen LogP contribution in [-0.2, 0) is 6.54 Å². The van der Waals surface area contributed by atoms with Gasteiger partial charge in [0.05, 0.1) is 23.3 Å². The number of aliphatic hydroxyl groups is 2. The third kappa shape index (κ3) is 3.30. The Morgan fingerprint density at radius 2 is 2.29 bits per heavy atom. The Balaban J connectivity index is 2.41. The normalized spacial score (nSPS) is 13.5. The fourth-order valence-electron chi connectivity index (χ4n) is 1.12. The molecule has 0 aliphatic heterocycles. The first-order valence-electron chi connectivity index (χ1n) is 4.38. The molecule has 0 amide bonds. The maximum absolute atomic E-state index is 9.21. The lowest BCUT2D eigenvalue weighted by Crippen LogP contribution is -2.30. The van der Waals surface area contributed by atoms with Gasteiger partial charge in [0.1, 0.15) is 0 Å². The smallest absolute Gasteiger partial charge is 0.0897 e. The van der Waals surface area contributed by atoms with Crippen LogP contribution < -0.4 is 0 Å². The summed E-state index contributed by atoms with van der Waals surface area (Å²) >= 11 is 1.37. The van der Waals surface area contributed by atoms with Gasteiger partial charge in [-0.25, -0.2) is 0 Å². The Hall–Kier alpha value is -0.560. The first-order chi connectivity index (χ1) is 6.63. The lowest BCUT2D eigenvalue weighted by atomic mass is 10.3. The lowest BCUT2D eigenvalue weighted by Gasteiger charge is -2.18. The molecule has 0 radical (unpaired) electrons. The molecule has 14 heavy (non-hydrogen) atoms. The van der Waals surface area contributed by atoms with Crippen molar-refractivity contribution in [1.82, 2.24) is 14.5 Å². The van der Waals surface area contributed by atoms with Crippen molar-refractivity contribution >= 4 is 11.5 Å². The van der Waals surface area contributed by atoms with E-state index in [4.69, 9.17) is 5.11 Å². The van der Waals surface area contributed by atoms with Gasteiger partial charge in [0, 0.05) is 13.1 Å². The van der Waals surface area contributed by atoms with Crippen molar-refractivity contribution in [3.8, 4) is 0 Å². The van der Waals surface area contributed by atoms with E-state index >= 15 is 0 Å². The molecule has 0 bridgehead atoms. The molecule has 1 heterocycles. The number of aromatic nitrogens is 2. The molecule has 0 aliphatic carbocycles. The molecule has 6 heteroatoms. The highest BCUT2D eigenvalue weighted by Gasteiger charge is 2.10. The van der Waals surface area contributed by atoms with Gasteiger partial charge in [-0.2, -0.15) is 0 Å². The van der Waals surface area contributed by atoms with Gasteiger partial charge in [-0.3, -0.25) is 4.90 Å². The van der Waals surface area contributed by atoms with Crippen molar-refractivity contribution in [1.29, 1.82) is 0 Å². The molecule has 1 aromatic rings. The van der Waals surface area contributed by atoms with Crippen LogP contribution in [0.25, 0.3) is 0 Å². The Morgan fingerprint density at radius 1 is 1.57 bits per heavy atom. The molecular weight excluding hydrogens is 202 g/mol. The molecule has 0 aliphatic rings. The van der Waals surface area contributed by atoms with Crippen LogP contribution >= 0.6 is 11.5 Å². The molecule has 0 spiro atoms. The summed E-state index contributed by atoms with van der Waals surface area (Å²) in [6.07, 6.45) is -0.679. The van der Waals surface area contributed by atoms with E-state index in [2.05, 4.69) is 9.59 Å². The molecule has 80 valence electrons. The van der Waals surface area contributed by atoms with E-state index in [-0.39, 0.29) is 6.61 Å². The maximum atomic E-state index is 9.21. The minimum atomic E-state index is -0.679. The van der Waals surface area contributed by atoms with Gasteiger partial charge in [0.25, 0.3) is 0 Å². The first kappa shape index (κ1) is 11.5. The van der Waals surface area contributed by atoms with Crippen LogP contribution in [0.15, 0.2) is 0 Å².